The van der Waals surface area contributed by atoms with Crippen LogP contribution in [0.15, 0.2) is 54.7 Å². The average Bonchev–Trinajstić information content (AvgIpc) is 3.08. The number of likely N-dealkylation sites (tertiary alicyclic amines) is 1. The highest BCUT2D eigenvalue weighted by molar-refractivity contribution is 5.78. The van der Waals surface area contributed by atoms with Crippen molar-refractivity contribution in [1.29, 1.82) is 0 Å². The Hall–Kier alpha value is -2.24. The van der Waals surface area contributed by atoms with E-state index in [1.54, 1.807) is 13.3 Å². The van der Waals surface area contributed by atoms with Crippen LogP contribution in [0.5, 0.6) is 0 Å². The van der Waals surface area contributed by atoms with Crippen molar-refractivity contribution in [3.63, 3.8) is 0 Å². The van der Waals surface area contributed by atoms with Gasteiger partial charge in [0.1, 0.15) is 6.61 Å². The number of carbonyl (C=O) groups excluding carboxylic acids is 1. The van der Waals surface area contributed by atoms with Gasteiger partial charge in [0.15, 0.2) is 0 Å². The third-order valence-electron chi connectivity index (χ3n) is 4.58. The Morgan fingerprint density at radius 2 is 1.96 bits per heavy atom. The predicted octanol–water partition coefficient (Wildman–Crippen LogP) is 2.49. The maximum atomic E-state index is 12.5. The number of aromatic nitrogens is 1. The summed E-state index contributed by atoms with van der Waals surface area (Å²) in [6.45, 7) is 2.52. The van der Waals surface area contributed by atoms with E-state index >= 15 is 0 Å². The molecule has 1 fully saturated rings. The topological polar surface area (TPSA) is 51.7 Å². The number of benzene rings is 1. The van der Waals surface area contributed by atoms with Gasteiger partial charge in [0, 0.05) is 43.9 Å². The molecule has 2 aromatic rings. The Bertz CT molecular complexity index is 663. The Morgan fingerprint density at radius 3 is 2.68 bits per heavy atom. The van der Waals surface area contributed by atoms with Gasteiger partial charge in [0.05, 0.1) is 13.2 Å². The van der Waals surface area contributed by atoms with Gasteiger partial charge in [0.2, 0.25) is 5.91 Å². The number of pyridine rings is 1. The molecule has 5 nitrogen and oxygen atoms in total. The second-order valence-electron chi connectivity index (χ2n) is 6.35. The van der Waals surface area contributed by atoms with E-state index < -0.39 is 0 Å². The molecule has 1 aliphatic rings. The molecule has 132 valence electrons. The first-order valence-corrected chi connectivity index (χ1v) is 8.57. The normalized spacial score (nSPS) is 20.0. The standard InChI is InChI=1S/C20H24N2O3/c1-24-14-17-11-22(12-18(17)19-9-5-6-10-21-19)20(23)15-25-13-16-7-3-2-4-8-16/h2-10,17-18H,11-15H2,1H3/t17-,18+/m0/s1. The number of hydrogen-bond acceptors (Lipinski definition) is 4. The van der Waals surface area contributed by atoms with Crippen molar-refractivity contribution in [3.8, 4) is 0 Å². The Kier molecular flexibility index (Phi) is 6.14. The Labute approximate surface area is 148 Å². The lowest BCUT2D eigenvalue weighted by molar-refractivity contribution is -0.135. The fourth-order valence-corrected chi connectivity index (χ4v) is 3.31. The van der Waals surface area contributed by atoms with Crippen LogP contribution >= 0.6 is 0 Å². The zero-order chi connectivity index (χ0) is 17.5. The highest BCUT2D eigenvalue weighted by Gasteiger charge is 2.36. The maximum absolute atomic E-state index is 12.5. The fraction of sp³-hybridized carbons (Fsp3) is 0.400. The molecule has 2 atom stereocenters. The van der Waals surface area contributed by atoms with Gasteiger partial charge < -0.3 is 14.4 Å². The summed E-state index contributed by atoms with van der Waals surface area (Å²) in [4.78, 5) is 18.8. The molecular formula is C20H24N2O3. The zero-order valence-electron chi connectivity index (χ0n) is 14.5. The molecule has 0 radical (unpaired) electrons. The lowest BCUT2D eigenvalue weighted by atomic mass is 9.93. The lowest BCUT2D eigenvalue weighted by Gasteiger charge is -2.16. The van der Waals surface area contributed by atoms with Crippen molar-refractivity contribution in [2.24, 2.45) is 5.92 Å². The van der Waals surface area contributed by atoms with Gasteiger partial charge in [-0.1, -0.05) is 36.4 Å². The van der Waals surface area contributed by atoms with E-state index in [4.69, 9.17) is 9.47 Å². The second-order valence-corrected chi connectivity index (χ2v) is 6.35. The quantitative estimate of drug-likeness (QED) is 0.777. The molecule has 25 heavy (non-hydrogen) atoms. The summed E-state index contributed by atoms with van der Waals surface area (Å²) < 4.78 is 10.9. The van der Waals surface area contributed by atoms with Crippen LogP contribution in [0.25, 0.3) is 0 Å². The third-order valence-corrected chi connectivity index (χ3v) is 4.58. The van der Waals surface area contributed by atoms with Crippen LogP contribution in [0.2, 0.25) is 0 Å². The Balaban J connectivity index is 1.56. The summed E-state index contributed by atoms with van der Waals surface area (Å²) >= 11 is 0. The van der Waals surface area contributed by atoms with E-state index in [2.05, 4.69) is 4.98 Å². The van der Waals surface area contributed by atoms with Crippen molar-refractivity contribution < 1.29 is 14.3 Å². The summed E-state index contributed by atoms with van der Waals surface area (Å²) in [7, 11) is 1.70. The van der Waals surface area contributed by atoms with E-state index in [0.29, 0.717) is 26.3 Å². The molecule has 0 aliphatic carbocycles. The van der Waals surface area contributed by atoms with Gasteiger partial charge in [-0.3, -0.25) is 9.78 Å². The second kappa shape index (κ2) is 8.74. The lowest BCUT2D eigenvalue weighted by Crippen LogP contribution is -2.32. The molecule has 0 bridgehead atoms. The van der Waals surface area contributed by atoms with Crippen molar-refractivity contribution in [2.45, 2.75) is 12.5 Å². The van der Waals surface area contributed by atoms with Crippen LogP contribution in [0, 0.1) is 5.92 Å². The fourth-order valence-electron chi connectivity index (χ4n) is 3.31. The molecule has 1 aromatic heterocycles. The minimum atomic E-state index is 0.0236. The molecule has 1 aliphatic heterocycles. The minimum Gasteiger partial charge on any atom is -0.384 e. The van der Waals surface area contributed by atoms with Crippen molar-refractivity contribution >= 4 is 5.91 Å². The number of amides is 1. The zero-order valence-corrected chi connectivity index (χ0v) is 14.5. The number of nitrogens with zero attached hydrogens (tertiary/aromatic N) is 2. The summed E-state index contributed by atoms with van der Waals surface area (Å²) in [6.07, 6.45) is 1.80. The monoisotopic (exact) mass is 340 g/mol. The molecule has 2 heterocycles. The summed E-state index contributed by atoms with van der Waals surface area (Å²) in [5.74, 6) is 0.493. The van der Waals surface area contributed by atoms with E-state index in [1.165, 1.54) is 0 Å². The molecule has 1 aromatic carbocycles. The first-order chi connectivity index (χ1) is 12.3. The van der Waals surface area contributed by atoms with Crippen LogP contribution in [-0.2, 0) is 20.9 Å². The van der Waals surface area contributed by atoms with Crippen molar-refractivity contribution in [3.05, 3.63) is 66.0 Å². The van der Waals surface area contributed by atoms with Crippen molar-refractivity contribution in [1.82, 2.24) is 9.88 Å². The van der Waals surface area contributed by atoms with E-state index in [1.807, 2.05) is 53.4 Å². The van der Waals surface area contributed by atoms with Gasteiger partial charge in [0.25, 0.3) is 0 Å². The van der Waals surface area contributed by atoms with Gasteiger partial charge in [-0.15, -0.1) is 0 Å². The average molecular weight is 340 g/mol. The third kappa shape index (κ3) is 4.65. The van der Waals surface area contributed by atoms with Gasteiger partial charge in [-0.05, 0) is 17.7 Å². The van der Waals surface area contributed by atoms with Crippen LogP contribution in [0.1, 0.15) is 17.2 Å². The number of methoxy groups -OCH3 is 1. The largest absolute Gasteiger partial charge is 0.384 e. The first-order valence-electron chi connectivity index (χ1n) is 8.57. The summed E-state index contributed by atoms with van der Waals surface area (Å²) in [6, 6.07) is 15.8. The van der Waals surface area contributed by atoms with E-state index in [9.17, 15) is 4.79 Å². The predicted molar refractivity (Wildman–Crippen MR) is 95.0 cm³/mol. The summed E-state index contributed by atoms with van der Waals surface area (Å²) in [5, 5.41) is 0. The number of rotatable bonds is 7. The molecule has 0 saturated carbocycles. The number of carbonyl (C=O) groups is 1. The molecule has 5 heteroatoms. The Morgan fingerprint density at radius 1 is 1.16 bits per heavy atom. The first kappa shape index (κ1) is 17.6. The number of hydrogen-bond donors (Lipinski definition) is 0. The molecule has 1 saturated heterocycles. The molecule has 0 spiro atoms. The smallest absolute Gasteiger partial charge is 0.248 e. The van der Waals surface area contributed by atoms with Crippen LogP contribution in [-0.4, -0.2) is 49.2 Å². The van der Waals surface area contributed by atoms with Crippen LogP contribution in [0.3, 0.4) is 0 Å². The minimum absolute atomic E-state index is 0.0236. The van der Waals surface area contributed by atoms with Gasteiger partial charge >= 0.3 is 0 Å². The van der Waals surface area contributed by atoms with E-state index in [0.717, 1.165) is 11.3 Å². The van der Waals surface area contributed by atoms with E-state index in [-0.39, 0.29) is 24.3 Å². The molecule has 0 unspecified atom stereocenters. The maximum Gasteiger partial charge on any atom is 0.248 e. The molecule has 1 amide bonds. The highest BCUT2D eigenvalue weighted by atomic mass is 16.5. The molecule has 3 rings (SSSR count). The SMILES string of the molecule is COC[C@@H]1CN(C(=O)COCc2ccccc2)C[C@H]1c1ccccn1. The highest BCUT2D eigenvalue weighted by Crippen LogP contribution is 2.31. The van der Waals surface area contributed by atoms with Gasteiger partial charge in [-0.25, -0.2) is 0 Å². The number of ether oxygens (including phenoxy) is 2. The van der Waals surface area contributed by atoms with Gasteiger partial charge in [-0.2, -0.15) is 0 Å². The molecule has 0 N–H and O–H groups in total. The van der Waals surface area contributed by atoms with Crippen LogP contribution < -0.4 is 0 Å². The summed E-state index contributed by atoms with van der Waals surface area (Å²) in [5.41, 5.74) is 2.09. The van der Waals surface area contributed by atoms with Crippen LogP contribution in [0.4, 0.5) is 0 Å². The molecular weight excluding hydrogens is 316 g/mol. The van der Waals surface area contributed by atoms with Crippen molar-refractivity contribution in [2.75, 3.05) is 33.4 Å².